The molecule has 2 nitrogen and oxygen atoms in total. The number of hydrogen-bond acceptors (Lipinski definition) is 2. The van der Waals surface area contributed by atoms with Crippen molar-refractivity contribution in [3.63, 3.8) is 0 Å². The van der Waals surface area contributed by atoms with E-state index in [4.69, 9.17) is 5.73 Å². The van der Waals surface area contributed by atoms with E-state index in [1.54, 1.807) is 0 Å². The fraction of sp³-hybridized carbons (Fsp3) is 0.524. The van der Waals surface area contributed by atoms with Gasteiger partial charge in [-0.3, -0.25) is 4.90 Å². The van der Waals surface area contributed by atoms with E-state index >= 15 is 0 Å². The first-order valence-corrected chi connectivity index (χ1v) is 9.06. The average molecular weight is 315 g/mol. The molecule has 1 saturated heterocycles. The highest BCUT2D eigenvalue weighted by atomic mass is 15.1. The van der Waals surface area contributed by atoms with Crippen molar-refractivity contribution in [1.29, 1.82) is 0 Å². The molecule has 0 aliphatic carbocycles. The van der Waals surface area contributed by atoms with Crippen LogP contribution in [0, 0.1) is 5.92 Å². The molecule has 2 heteroatoms. The van der Waals surface area contributed by atoms with Gasteiger partial charge in [-0.15, -0.1) is 0 Å². The number of nitrogens with zero attached hydrogens (tertiary/aromatic N) is 1. The Bertz CT molecular complexity index is 480. The van der Waals surface area contributed by atoms with Crippen molar-refractivity contribution in [2.75, 3.05) is 19.6 Å². The van der Waals surface area contributed by atoms with Crippen molar-refractivity contribution in [2.24, 2.45) is 11.7 Å². The molecule has 1 heterocycles. The monoisotopic (exact) mass is 314 g/mol. The molecule has 2 N–H and O–H groups in total. The first-order chi connectivity index (χ1) is 11.2. The van der Waals surface area contributed by atoms with Gasteiger partial charge in [0.1, 0.15) is 0 Å². The molecule has 0 amide bonds. The van der Waals surface area contributed by atoms with Crippen LogP contribution in [-0.2, 0) is 6.42 Å². The summed E-state index contributed by atoms with van der Waals surface area (Å²) in [5.41, 5.74) is 9.70. The molecular formula is C21H34N2. The number of hydrogen-bond donors (Lipinski definition) is 1. The van der Waals surface area contributed by atoms with Gasteiger partial charge in [0.25, 0.3) is 0 Å². The molecule has 1 aromatic rings. The van der Waals surface area contributed by atoms with Crippen molar-refractivity contribution in [3.8, 4) is 0 Å². The Labute approximate surface area is 143 Å². The topological polar surface area (TPSA) is 29.3 Å². The van der Waals surface area contributed by atoms with E-state index in [1.807, 2.05) is 26.8 Å². The molecular weight excluding hydrogens is 280 g/mol. The van der Waals surface area contributed by atoms with Gasteiger partial charge < -0.3 is 5.73 Å². The molecule has 0 saturated carbocycles. The molecule has 0 bridgehead atoms. The highest BCUT2D eigenvalue weighted by molar-refractivity contribution is 5.28. The number of allylic oxidation sites excluding steroid dienone is 2. The molecule has 0 unspecified atom stereocenters. The van der Waals surface area contributed by atoms with Crippen LogP contribution >= 0.6 is 0 Å². The van der Waals surface area contributed by atoms with Gasteiger partial charge in [-0.2, -0.15) is 0 Å². The molecule has 1 aliphatic heterocycles. The van der Waals surface area contributed by atoms with Crippen molar-refractivity contribution in [2.45, 2.75) is 47.0 Å². The Morgan fingerprint density at radius 2 is 1.70 bits per heavy atom. The number of rotatable bonds is 5. The smallest absolute Gasteiger partial charge is 0.0313 e. The Morgan fingerprint density at radius 3 is 2.22 bits per heavy atom. The second-order valence-corrected chi connectivity index (χ2v) is 5.97. The maximum atomic E-state index is 6.04. The molecule has 23 heavy (non-hydrogen) atoms. The van der Waals surface area contributed by atoms with Crippen LogP contribution in [0.5, 0.6) is 0 Å². The van der Waals surface area contributed by atoms with E-state index in [0.717, 1.165) is 18.2 Å². The van der Waals surface area contributed by atoms with Gasteiger partial charge in [-0.05, 0) is 63.3 Å². The van der Waals surface area contributed by atoms with Gasteiger partial charge in [0.15, 0.2) is 0 Å². The van der Waals surface area contributed by atoms with Crippen LogP contribution in [0.2, 0.25) is 0 Å². The minimum absolute atomic E-state index is 0.830. The quantitative estimate of drug-likeness (QED) is 0.793. The molecule has 0 spiro atoms. The summed E-state index contributed by atoms with van der Waals surface area (Å²) >= 11 is 0. The Hall–Kier alpha value is -1.54. The molecule has 1 aromatic carbocycles. The molecule has 128 valence electrons. The number of nitrogens with two attached hydrogens (primary N) is 1. The molecule has 0 radical (unpaired) electrons. The lowest BCUT2D eigenvalue weighted by molar-refractivity contribution is 0.197. The Balaban J connectivity index is 0.00000127. The highest BCUT2D eigenvalue weighted by Gasteiger charge is 2.20. The molecule has 1 fully saturated rings. The van der Waals surface area contributed by atoms with Crippen molar-refractivity contribution in [3.05, 3.63) is 59.3 Å². The summed E-state index contributed by atoms with van der Waals surface area (Å²) < 4.78 is 0. The zero-order valence-electron chi connectivity index (χ0n) is 15.4. The zero-order chi connectivity index (χ0) is 17.1. The van der Waals surface area contributed by atoms with Crippen LogP contribution in [-0.4, -0.2) is 24.5 Å². The lowest BCUT2D eigenvalue weighted by atomic mass is 9.90. The summed E-state index contributed by atoms with van der Waals surface area (Å²) in [6, 6.07) is 10.9. The van der Waals surface area contributed by atoms with Crippen LogP contribution in [0.1, 0.15) is 46.1 Å². The summed E-state index contributed by atoms with van der Waals surface area (Å²) in [5, 5.41) is 0. The van der Waals surface area contributed by atoms with Gasteiger partial charge in [-0.1, -0.05) is 56.3 Å². The average Bonchev–Trinajstić information content (AvgIpc) is 2.63. The fourth-order valence-corrected chi connectivity index (χ4v) is 3.07. The van der Waals surface area contributed by atoms with Crippen LogP contribution in [0.25, 0.3) is 0 Å². The molecule has 0 atom stereocenters. The zero-order valence-corrected chi connectivity index (χ0v) is 15.4. The molecule has 1 aliphatic rings. The first kappa shape index (κ1) is 19.5. The summed E-state index contributed by atoms with van der Waals surface area (Å²) in [4.78, 5) is 2.53. The maximum absolute atomic E-state index is 6.04. The second kappa shape index (κ2) is 11.1. The second-order valence-electron chi connectivity index (χ2n) is 5.97. The minimum atomic E-state index is 0.830. The summed E-state index contributed by atoms with van der Waals surface area (Å²) in [6.07, 6.45) is 7.95. The van der Waals surface area contributed by atoms with E-state index < -0.39 is 0 Å². The van der Waals surface area contributed by atoms with E-state index in [-0.39, 0.29) is 0 Å². The SMILES string of the molecule is C/C=C(CN1CCC(Cc2ccccc2)CC1)\C(N)=C/C.CC. The van der Waals surface area contributed by atoms with Gasteiger partial charge in [0.05, 0.1) is 0 Å². The van der Waals surface area contributed by atoms with Gasteiger partial charge in [0, 0.05) is 12.2 Å². The largest absolute Gasteiger partial charge is 0.399 e. The van der Waals surface area contributed by atoms with Crippen LogP contribution in [0.15, 0.2) is 53.8 Å². The summed E-state index contributed by atoms with van der Waals surface area (Å²) in [7, 11) is 0. The first-order valence-electron chi connectivity index (χ1n) is 9.06. The molecule has 2 rings (SSSR count). The van der Waals surface area contributed by atoms with Gasteiger partial charge in [0.2, 0.25) is 0 Å². The van der Waals surface area contributed by atoms with E-state index in [9.17, 15) is 0 Å². The van der Waals surface area contributed by atoms with Crippen LogP contribution < -0.4 is 5.73 Å². The third kappa shape index (κ3) is 6.62. The van der Waals surface area contributed by atoms with Gasteiger partial charge in [-0.25, -0.2) is 0 Å². The normalized spacial score (nSPS) is 17.6. The summed E-state index contributed by atoms with van der Waals surface area (Å²) in [6.45, 7) is 11.4. The summed E-state index contributed by atoms with van der Waals surface area (Å²) in [5.74, 6) is 0.830. The van der Waals surface area contributed by atoms with Crippen molar-refractivity contribution >= 4 is 0 Å². The van der Waals surface area contributed by atoms with Crippen molar-refractivity contribution in [1.82, 2.24) is 4.90 Å². The maximum Gasteiger partial charge on any atom is 0.0313 e. The number of benzene rings is 1. The third-order valence-corrected chi connectivity index (χ3v) is 4.50. The Kier molecular flexibility index (Phi) is 9.39. The number of likely N-dealkylation sites (tertiary alicyclic amines) is 1. The van der Waals surface area contributed by atoms with Crippen LogP contribution in [0.3, 0.4) is 0 Å². The van der Waals surface area contributed by atoms with E-state index in [2.05, 4.69) is 48.2 Å². The lowest BCUT2D eigenvalue weighted by Crippen LogP contribution is -2.36. The predicted octanol–water partition coefficient (Wildman–Crippen LogP) is 4.78. The van der Waals surface area contributed by atoms with Gasteiger partial charge >= 0.3 is 0 Å². The third-order valence-electron chi connectivity index (χ3n) is 4.50. The standard InChI is InChI=1S/C19H28N2.C2H6/c1-3-18(19(20)4-2)15-21-12-10-17(11-13-21)14-16-8-6-5-7-9-16;1-2/h3-9,17H,10-15,20H2,1-2H3;1-2H3/b18-3-,19-4+;. The fourth-order valence-electron chi connectivity index (χ4n) is 3.07. The predicted molar refractivity (Wildman–Crippen MR) is 102 cm³/mol. The lowest BCUT2D eigenvalue weighted by Gasteiger charge is -2.32. The highest BCUT2D eigenvalue weighted by Crippen LogP contribution is 2.22. The minimum Gasteiger partial charge on any atom is -0.399 e. The van der Waals surface area contributed by atoms with E-state index in [0.29, 0.717) is 0 Å². The van der Waals surface area contributed by atoms with Crippen molar-refractivity contribution < 1.29 is 0 Å². The molecule has 0 aromatic heterocycles. The van der Waals surface area contributed by atoms with E-state index in [1.165, 1.54) is 43.5 Å². The van der Waals surface area contributed by atoms with Crippen LogP contribution in [0.4, 0.5) is 0 Å². The number of piperidine rings is 1. The Morgan fingerprint density at radius 1 is 1.09 bits per heavy atom.